The van der Waals surface area contributed by atoms with Gasteiger partial charge in [-0.2, -0.15) is 0 Å². The summed E-state index contributed by atoms with van der Waals surface area (Å²) in [6, 6.07) is 16.0. The third-order valence-electron chi connectivity index (χ3n) is 5.43. The van der Waals surface area contributed by atoms with E-state index in [4.69, 9.17) is 0 Å². The third kappa shape index (κ3) is 6.59. The van der Waals surface area contributed by atoms with Gasteiger partial charge in [0.2, 0.25) is 5.91 Å². The van der Waals surface area contributed by atoms with Gasteiger partial charge in [0.05, 0.1) is 0 Å². The number of hydrogen-bond donors (Lipinski definition) is 2. The summed E-state index contributed by atoms with van der Waals surface area (Å²) in [4.78, 5) is 28.2. The van der Waals surface area contributed by atoms with Crippen LogP contribution in [0.3, 0.4) is 0 Å². The normalized spacial score (nSPS) is 14.4. The van der Waals surface area contributed by atoms with E-state index in [9.17, 15) is 9.59 Å². The molecule has 2 amide bonds. The Morgan fingerprint density at radius 2 is 1.70 bits per heavy atom. The largest absolute Gasteiger partial charge is 0.369 e. The van der Waals surface area contributed by atoms with Crippen molar-refractivity contribution in [2.75, 3.05) is 44.2 Å². The molecule has 1 heterocycles. The van der Waals surface area contributed by atoms with Gasteiger partial charge in [-0.25, -0.2) is 0 Å². The van der Waals surface area contributed by atoms with Crippen LogP contribution in [0.4, 0.5) is 5.69 Å². The van der Waals surface area contributed by atoms with Gasteiger partial charge in [0.1, 0.15) is 0 Å². The number of aryl methyl sites for hydroxylation is 1. The lowest BCUT2D eigenvalue weighted by atomic mass is 10.1. The summed E-state index contributed by atoms with van der Waals surface area (Å²) in [5.74, 6) is -0.112. The average Bonchev–Trinajstić information content (AvgIpc) is 2.76. The van der Waals surface area contributed by atoms with Gasteiger partial charge in [-0.05, 0) is 55.3 Å². The van der Waals surface area contributed by atoms with Gasteiger partial charge in [-0.15, -0.1) is 0 Å². The first-order valence-electron chi connectivity index (χ1n) is 10.7. The Morgan fingerprint density at radius 1 is 0.967 bits per heavy atom. The molecule has 1 fully saturated rings. The number of nitrogens with zero attached hydrogens (tertiary/aromatic N) is 2. The van der Waals surface area contributed by atoms with Crippen LogP contribution in [0.5, 0.6) is 0 Å². The van der Waals surface area contributed by atoms with E-state index in [1.165, 1.54) is 18.2 Å². The molecule has 2 aromatic carbocycles. The van der Waals surface area contributed by atoms with Crippen LogP contribution in [0, 0.1) is 6.92 Å². The second kappa shape index (κ2) is 10.8. The van der Waals surface area contributed by atoms with Gasteiger partial charge in [-0.1, -0.05) is 24.3 Å². The van der Waals surface area contributed by atoms with E-state index in [2.05, 4.69) is 51.6 Å². The van der Waals surface area contributed by atoms with Crippen molar-refractivity contribution in [2.45, 2.75) is 26.8 Å². The summed E-state index contributed by atoms with van der Waals surface area (Å²) >= 11 is 0. The van der Waals surface area contributed by atoms with E-state index < -0.39 is 0 Å². The number of hydrogen-bond acceptors (Lipinski definition) is 4. The smallest absolute Gasteiger partial charge is 0.251 e. The highest BCUT2D eigenvalue weighted by molar-refractivity contribution is 5.94. The van der Waals surface area contributed by atoms with Crippen LogP contribution in [0.25, 0.3) is 0 Å². The van der Waals surface area contributed by atoms with Crippen LogP contribution in [-0.2, 0) is 11.3 Å². The maximum atomic E-state index is 12.3. The fraction of sp³-hybridized carbons (Fsp3) is 0.417. The molecule has 30 heavy (non-hydrogen) atoms. The average molecular weight is 409 g/mol. The molecule has 0 bridgehead atoms. The van der Waals surface area contributed by atoms with Crippen LogP contribution in [0.1, 0.15) is 34.8 Å². The van der Waals surface area contributed by atoms with Crippen molar-refractivity contribution in [3.05, 3.63) is 65.2 Å². The maximum Gasteiger partial charge on any atom is 0.251 e. The van der Waals surface area contributed by atoms with E-state index in [1.54, 1.807) is 12.1 Å². The molecule has 0 aliphatic carbocycles. The Bertz CT molecular complexity index is 843. The number of carbonyl (C=O) groups excluding carboxylic acids is 2. The monoisotopic (exact) mass is 408 g/mol. The molecule has 1 aliphatic rings. The van der Waals surface area contributed by atoms with Crippen molar-refractivity contribution in [3.63, 3.8) is 0 Å². The lowest BCUT2D eigenvalue weighted by molar-refractivity contribution is -0.119. The molecule has 6 nitrogen and oxygen atoms in total. The second-order valence-corrected chi connectivity index (χ2v) is 7.88. The zero-order valence-electron chi connectivity index (χ0n) is 18.0. The number of piperazine rings is 1. The molecular formula is C24H32N4O2. The van der Waals surface area contributed by atoms with Crippen molar-refractivity contribution in [2.24, 2.45) is 0 Å². The first-order chi connectivity index (χ1) is 14.5. The summed E-state index contributed by atoms with van der Waals surface area (Å²) in [6.45, 7) is 9.97. The number of rotatable bonds is 8. The van der Waals surface area contributed by atoms with Gasteiger partial charge in [0.25, 0.3) is 5.91 Å². The predicted molar refractivity (Wildman–Crippen MR) is 121 cm³/mol. The van der Waals surface area contributed by atoms with Crippen molar-refractivity contribution in [1.29, 1.82) is 0 Å². The Morgan fingerprint density at radius 3 is 2.37 bits per heavy atom. The number of benzene rings is 2. The highest BCUT2D eigenvalue weighted by Crippen LogP contribution is 2.17. The zero-order valence-corrected chi connectivity index (χ0v) is 18.0. The van der Waals surface area contributed by atoms with Crippen molar-refractivity contribution >= 4 is 17.5 Å². The molecule has 0 radical (unpaired) electrons. The van der Waals surface area contributed by atoms with Gasteiger partial charge < -0.3 is 15.5 Å². The van der Waals surface area contributed by atoms with Crippen LogP contribution in [0.15, 0.2) is 48.5 Å². The number of nitrogens with one attached hydrogen (secondary N) is 2. The Kier molecular flexibility index (Phi) is 7.85. The molecule has 1 saturated heterocycles. The van der Waals surface area contributed by atoms with Gasteiger partial charge in [-0.3, -0.25) is 14.5 Å². The van der Waals surface area contributed by atoms with E-state index in [1.807, 2.05) is 12.1 Å². The molecule has 0 aromatic heterocycles. The molecule has 160 valence electrons. The molecule has 2 aromatic rings. The van der Waals surface area contributed by atoms with Crippen molar-refractivity contribution in [1.82, 2.24) is 15.5 Å². The topological polar surface area (TPSA) is 64.7 Å². The minimum Gasteiger partial charge on any atom is -0.369 e. The van der Waals surface area contributed by atoms with E-state index in [0.29, 0.717) is 18.7 Å². The van der Waals surface area contributed by atoms with Crippen molar-refractivity contribution < 1.29 is 9.59 Å². The quantitative estimate of drug-likeness (QED) is 0.659. The van der Waals surface area contributed by atoms with E-state index >= 15 is 0 Å². The highest BCUT2D eigenvalue weighted by atomic mass is 16.2. The minimum atomic E-state index is -0.0617. The first kappa shape index (κ1) is 21.8. The number of carbonyl (C=O) groups is 2. The zero-order chi connectivity index (χ0) is 21.3. The molecule has 0 saturated carbocycles. The second-order valence-electron chi connectivity index (χ2n) is 7.88. The maximum absolute atomic E-state index is 12.3. The lowest BCUT2D eigenvalue weighted by Gasteiger charge is -2.36. The van der Waals surface area contributed by atoms with Gasteiger partial charge in [0, 0.05) is 57.4 Å². The Labute approximate surface area is 179 Å². The lowest BCUT2D eigenvalue weighted by Crippen LogP contribution is -2.47. The van der Waals surface area contributed by atoms with Gasteiger partial charge >= 0.3 is 0 Å². The molecule has 2 N–H and O–H groups in total. The predicted octanol–water partition coefficient (Wildman–Crippen LogP) is 2.57. The molecule has 1 aliphatic heterocycles. The van der Waals surface area contributed by atoms with E-state index in [0.717, 1.165) is 44.7 Å². The van der Waals surface area contributed by atoms with E-state index in [-0.39, 0.29) is 11.8 Å². The molecule has 3 rings (SSSR count). The summed E-state index contributed by atoms with van der Waals surface area (Å²) in [5, 5.41) is 5.75. The summed E-state index contributed by atoms with van der Waals surface area (Å²) < 4.78 is 0. The summed E-state index contributed by atoms with van der Waals surface area (Å²) in [6.07, 6.45) is 0.941. The number of amides is 2. The Balaban J connectivity index is 1.33. The van der Waals surface area contributed by atoms with Gasteiger partial charge in [0.15, 0.2) is 0 Å². The molecular weight excluding hydrogens is 376 g/mol. The summed E-state index contributed by atoms with van der Waals surface area (Å²) in [7, 11) is 0. The minimum absolute atomic E-state index is 0.0506. The Hall–Kier alpha value is -2.86. The van der Waals surface area contributed by atoms with Crippen molar-refractivity contribution in [3.8, 4) is 0 Å². The summed E-state index contributed by atoms with van der Waals surface area (Å²) in [5.41, 5.74) is 4.23. The van der Waals surface area contributed by atoms with Crippen LogP contribution >= 0.6 is 0 Å². The number of anilines is 1. The van der Waals surface area contributed by atoms with Crippen LogP contribution in [0.2, 0.25) is 0 Å². The molecule has 0 spiro atoms. The highest BCUT2D eigenvalue weighted by Gasteiger charge is 2.17. The third-order valence-corrected chi connectivity index (χ3v) is 5.43. The van der Waals surface area contributed by atoms with Crippen LogP contribution < -0.4 is 15.5 Å². The molecule has 6 heteroatoms. The molecule has 0 atom stereocenters. The fourth-order valence-corrected chi connectivity index (χ4v) is 3.66. The standard InChI is InChI=1S/C24H32N4O2/c1-19-5-3-6-23(17-19)28-15-13-27(14-16-28)12-4-11-25-24(30)22-9-7-21(8-10-22)18-26-20(2)29/h3,5-10,17H,4,11-16,18H2,1-2H3,(H,25,30)(H,26,29). The first-order valence-corrected chi connectivity index (χ1v) is 10.7. The van der Waals surface area contributed by atoms with Crippen LogP contribution in [-0.4, -0.2) is 56.0 Å². The molecule has 0 unspecified atom stereocenters. The fourth-order valence-electron chi connectivity index (χ4n) is 3.66. The SMILES string of the molecule is CC(=O)NCc1ccc(C(=O)NCCCN2CCN(c3cccc(C)c3)CC2)cc1.